The normalized spacial score (nSPS) is 10.6. The lowest BCUT2D eigenvalue weighted by Gasteiger charge is -2.08. The number of rotatable bonds is 3. The summed E-state index contributed by atoms with van der Waals surface area (Å²) < 4.78 is 10.9. The first-order valence-electron chi connectivity index (χ1n) is 6.62. The van der Waals surface area contributed by atoms with Gasteiger partial charge in [0.05, 0.1) is 12.8 Å². The summed E-state index contributed by atoms with van der Waals surface area (Å²) >= 11 is 0. The third-order valence-corrected chi connectivity index (χ3v) is 3.32. The van der Waals surface area contributed by atoms with Crippen LogP contribution >= 0.6 is 0 Å². The Hall–Kier alpha value is -2.75. The van der Waals surface area contributed by atoms with E-state index in [1.54, 1.807) is 25.3 Å². The van der Waals surface area contributed by atoms with Gasteiger partial charge in [0.15, 0.2) is 5.76 Å². The van der Waals surface area contributed by atoms with Crippen molar-refractivity contribution in [3.05, 3.63) is 59.9 Å². The van der Waals surface area contributed by atoms with Crippen molar-refractivity contribution >= 4 is 22.6 Å². The summed E-state index contributed by atoms with van der Waals surface area (Å²) in [5, 5.41) is 3.72. The molecule has 3 rings (SSSR count). The second-order valence-electron chi connectivity index (χ2n) is 4.76. The third kappa shape index (κ3) is 2.48. The zero-order valence-electron chi connectivity index (χ0n) is 11.8. The summed E-state index contributed by atoms with van der Waals surface area (Å²) in [5.41, 5.74) is 2.36. The van der Waals surface area contributed by atoms with Crippen LogP contribution in [0.2, 0.25) is 0 Å². The lowest BCUT2D eigenvalue weighted by Crippen LogP contribution is -2.11. The summed E-state index contributed by atoms with van der Waals surface area (Å²) in [5.74, 6) is 0.596. The molecule has 0 aliphatic carbocycles. The second-order valence-corrected chi connectivity index (χ2v) is 4.76. The Balaban J connectivity index is 1.92. The van der Waals surface area contributed by atoms with Crippen molar-refractivity contribution in [2.45, 2.75) is 6.92 Å². The predicted molar refractivity (Wildman–Crippen MR) is 81.9 cm³/mol. The molecule has 4 nitrogen and oxygen atoms in total. The van der Waals surface area contributed by atoms with E-state index in [0.717, 1.165) is 16.5 Å². The zero-order chi connectivity index (χ0) is 14.8. The van der Waals surface area contributed by atoms with E-state index in [1.165, 1.54) is 0 Å². The van der Waals surface area contributed by atoms with Gasteiger partial charge < -0.3 is 14.5 Å². The van der Waals surface area contributed by atoms with Gasteiger partial charge in [-0.15, -0.1) is 0 Å². The summed E-state index contributed by atoms with van der Waals surface area (Å²) in [6.45, 7) is 1.95. The molecule has 0 saturated carbocycles. The molecule has 0 atom stereocenters. The van der Waals surface area contributed by atoms with Crippen molar-refractivity contribution in [3.63, 3.8) is 0 Å². The van der Waals surface area contributed by atoms with Crippen LogP contribution in [0.5, 0.6) is 5.75 Å². The van der Waals surface area contributed by atoms with Crippen molar-refractivity contribution < 1.29 is 13.9 Å². The number of hydrogen-bond donors (Lipinski definition) is 1. The number of amides is 1. The Kier molecular flexibility index (Phi) is 3.36. The smallest absolute Gasteiger partial charge is 0.291 e. The lowest BCUT2D eigenvalue weighted by molar-refractivity contribution is 0.0998. The molecule has 106 valence electrons. The minimum absolute atomic E-state index is 0.283. The fourth-order valence-electron chi connectivity index (χ4n) is 2.25. The molecule has 0 spiro atoms. The third-order valence-electron chi connectivity index (χ3n) is 3.32. The summed E-state index contributed by atoms with van der Waals surface area (Å²) in [4.78, 5) is 12.3. The molecular formula is C17H15NO3. The summed E-state index contributed by atoms with van der Waals surface area (Å²) in [7, 11) is 1.57. The van der Waals surface area contributed by atoms with Gasteiger partial charge in [0, 0.05) is 5.39 Å². The van der Waals surface area contributed by atoms with E-state index in [4.69, 9.17) is 9.15 Å². The van der Waals surface area contributed by atoms with E-state index >= 15 is 0 Å². The Morgan fingerprint density at radius 2 is 1.95 bits per heavy atom. The van der Waals surface area contributed by atoms with E-state index in [0.29, 0.717) is 11.4 Å². The number of methoxy groups -OCH3 is 1. The number of furan rings is 1. The fraction of sp³-hybridized carbons (Fsp3) is 0.118. The average Bonchev–Trinajstić information content (AvgIpc) is 2.93. The number of carbonyl (C=O) groups excluding carboxylic acids is 1. The van der Waals surface area contributed by atoms with Crippen molar-refractivity contribution in [3.8, 4) is 5.75 Å². The maximum atomic E-state index is 12.3. The van der Waals surface area contributed by atoms with Gasteiger partial charge in [-0.1, -0.05) is 30.3 Å². The van der Waals surface area contributed by atoms with Gasteiger partial charge >= 0.3 is 0 Å². The molecule has 0 aliphatic rings. The molecule has 0 aliphatic heterocycles. The maximum Gasteiger partial charge on any atom is 0.291 e. The van der Waals surface area contributed by atoms with Crippen LogP contribution < -0.4 is 10.1 Å². The highest BCUT2D eigenvalue weighted by Gasteiger charge is 2.15. The van der Waals surface area contributed by atoms with Crippen LogP contribution in [-0.4, -0.2) is 13.0 Å². The Morgan fingerprint density at radius 3 is 2.71 bits per heavy atom. The van der Waals surface area contributed by atoms with Crippen LogP contribution in [0, 0.1) is 6.92 Å². The lowest BCUT2D eigenvalue weighted by atomic mass is 10.2. The summed E-state index contributed by atoms with van der Waals surface area (Å²) in [6.07, 6.45) is 0. The van der Waals surface area contributed by atoms with Gasteiger partial charge in [-0.05, 0) is 30.7 Å². The molecule has 4 heteroatoms. The number of anilines is 1. The van der Waals surface area contributed by atoms with Gasteiger partial charge in [-0.3, -0.25) is 4.79 Å². The molecule has 0 unspecified atom stereocenters. The number of fused-ring (bicyclic) bond motifs is 1. The minimum Gasteiger partial charge on any atom is -0.495 e. The van der Waals surface area contributed by atoms with Crippen LogP contribution in [0.1, 0.15) is 16.1 Å². The quantitative estimate of drug-likeness (QED) is 0.789. The first-order valence-corrected chi connectivity index (χ1v) is 6.62. The summed E-state index contributed by atoms with van der Waals surface area (Å²) in [6, 6.07) is 14.8. The second kappa shape index (κ2) is 5.32. The van der Waals surface area contributed by atoms with E-state index in [-0.39, 0.29) is 11.7 Å². The Labute approximate surface area is 122 Å². The number of ether oxygens (including phenoxy) is 1. The van der Waals surface area contributed by atoms with E-state index < -0.39 is 0 Å². The first kappa shape index (κ1) is 13.2. The van der Waals surface area contributed by atoms with Gasteiger partial charge in [-0.25, -0.2) is 0 Å². The van der Waals surface area contributed by atoms with Crippen LogP contribution in [0.4, 0.5) is 5.69 Å². The minimum atomic E-state index is -0.296. The number of aryl methyl sites for hydroxylation is 1. The molecule has 0 bridgehead atoms. The number of nitrogens with one attached hydrogen (secondary N) is 1. The molecule has 1 amide bonds. The molecule has 21 heavy (non-hydrogen) atoms. The average molecular weight is 281 g/mol. The molecule has 2 aromatic carbocycles. The molecule has 3 aromatic rings. The highest BCUT2D eigenvalue weighted by molar-refractivity contribution is 6.05. The fourth-order valence-corrected chi connectivity index (χ4v) is 2.25. The van der Waals surface area contributed by atoms with Gasteiger partial charge in [0.2, 0.25) is 0 Å². The van der Waals surface area contributed by atoms with Crippen molar-refractivity contribution in [2.75, 3.05) is 12.4 Å². The van der Waals surface area contributed by atoms with Gasteiger partial charge in [0.25, 0.3) is 5.91 Å². The molecule has 1 aromatic heterocycles. The zero-order valence-corrected chi connectivity index (χ0v) is 11.8. The van der Waals surface area contributed by atoms with Gasteiger partial charge in [0.1, 0.15) is 11.3 Å². The molecule has 0 fully saturated rings. The SMILES string of the molecule is COc1ccccc1NC(=O)c1cc2cccc(C)c2o1. The molecular weight excluding hydrogens is 266 g/mol. The van der Waals surface area contributed by atoms with Crippen LogP contribution in [-0.2, 0) is 0 Å². The monoisotopic (exact) mass is 281 g/mol. The number of hydrogen-bond acceptors (Lipinski definition) is 3. The van der Waals surface area contributed by atoms with Crippen LogP contribution in [0.25, 0.3) is 11.0 Å². The highest BCUT2D eigenvalue weighted by atomic mass is 16.5. The van der Waals surface area contributed by atoms with E-state index in [9.17, 15) is 4.79 Å². The standard InChI is InChI=1S/C17H15NO3/c1-11-6-5-7-12-10-15(21-16(11)12)17(19)18-13-8-3-4-9-14(13)20-2/h3-10H,1-2H3,(H,18,19). The topological polar surface area (TPSA) is 51.5 Å². The van der Waals surface area contributed by atoms with Crippen LogP contribution in [0.15, 0.2) is 52.9 Å². The first-order chi connectivity index (χ1) is 10.2. The van der Waals surface area contributed by atoms with Crippen molar-refractivity contribution in [1.29, 1.82) is 0 Å². The maximum absolute atomic E-state index is 12.3. The number of carbonyl (C=O) groups is 1. The molecule has 1 heterocycles. The van der Waals surface area contributed by atoms with Crippen molar-refractivity contribution in [1.82, 2.24) is 0 Å². The highest BCUT2D eigenvalue weighted by Crippen LogP contribution is 2.26. The molecule has 0 saturated heterocycles. The Bertz CT molecular complexity index is 805. The molecule has 0 radical (unpaired) electrons. The number of para-hydroxylation sites is 3. The van der Waals surface area contributed by atoms with E-state index in [1.807, 2.05) is 37.3 Å². The Morgan fingerprint density at radius 1 is 1.14 bits per heavy atom. The van der Waals surface area contributed by atoms with Crippen LogP contribution in [0.3, 0.4) is 0 Å². The van der Waals surface area contributed by atoms with Gasteiger partial charge in [-0.2, -0.15) is 0 Å². The largest absolute Gasteiger partial charge is 0.495 e. The number of benzene rings is 2. The van der Waals surface area contributed by atoms with E-state index in [2.05, 4.69) is 5.32 Å². The van der Waals surface area contributed by atoms with Crippen molar-refractivity contribution in [2.24, 2.45) is 0 Å². The predicted octanol–water partition coefficient (Wildman–Crippen LogP) is 4.00. The molecule has 1 N–H and O–H groups in total.